The summed E-state index contributed by atoms with van der Waals surface area (Å²) < 4.78 is 2.72. The number of halogens is 1. The van der Waals surface area contributed by atoms with Gasteiger partial charge >= 0.3 is 0 Å². The third-order valence-corrected chi connectivity index (χ3v) is 2.57. The average Bonchev–Trinajstić information content (AvgIpc) is 2.43. The minimum absolute atomic E-state index is 0.125. The van der Waals surface area contributed by atoms with Crippen LogP contribution in [-0.4, -0.2) is 20.2 Å². The van der Waals surface area contributed by atoms with Crippen LogP contribution in [0.25, 0.3) is 5.78 Å². The lowest BCUT2D eigenvalue weighted by molar-refractivity contribution is -0.116. The first-order valence-electron chi connectivity index (χ1n) is 4.56. The van der Waals surface area contributed by atoms with Crippen molar-refractivity contribution in [3.05, 3.63) is 28.3 Å². The van der Waals surface area contributed by atoms with Crippen molar-refractivity contribution in [3.8, 4) is 0 Å². The van der Waals surface area contributed by atoms with Crippen LogP contribution in [0, 0.1) is 6.92 Å². The minimum Gasteiger partial charge on any atom is -0.300 e. The number of hydrogen-bond acceptors (Lipinski definition) is 3. The van der Waals surface area contributed by atoms with Gasteiger partial charge in [0.15, 0.2) is 0 Å². The Balaban J connectivity index is 2.65. The van der Waals surface area contributed by atoms with Crippen molar-refractivity contribution >= 4 is 27.5 Å². The maximum atomic E-state index is 11.1. The predicted octanol–water partition coefficient (Wildman–Crippen LogP) is 1.93. The van der Waals surface area contributed by atoms with Crippen molar-refractivity contribution in [1.82, 2.24) is 14.4 Å². The molecule has 0 fully saturated rings. The van der Waals surface area contributed by atoms with Crippen LogP contribution in [-0.2, 0) is 11.2 Å². The zero-order chi connectivity index (χ0) is 11.0. The van der Waals surface area contributed by atoms with Crippen LogP contribution < -0.4 is 0 Å². The second-order valence-electron chi connectivity index (χ2n) is 3.46. The molecular weight excluding hydrogens is 258 g/mol. The number of hydrogen-bond donors (Lipinski definition) is 0. The molecule has 0 aliphatic heterocycles. The molecule has 0 bridgehead atoms. The zero-order valence-electron chi connectivity index (χ0n) is 8.49. The molecule has 0 unspecified atom stereocenters. The van der Waals surface area contributed by atoms with Crippen molar-refractivity contribution in [2.45, 2.75) is 20.3 Å². The number of ketones is 1. The van der Waals surface area contributed by atoms with Crippen molar-refractivity contribution in [3.63, 3.8) is 0 Å². The summed E-state index contributed by atoms with van der Waals surface area (Å²) in [5.74, 6) is 0.756. The van der Waals surface area contributed by atoms with Crippen LogP contribution in [0.15, 0.2) is 16.9 Å². The fourth-order valence-electron chi connectivity index (χ4n) is 1.52. The second-order valence-corrected chi connectivity index (χ2v) is 4.38. The van der Waals surface area contributed by atoms with E-state index in [1.54, 1.807) is 13.1 Å². The number of nitrogens with zero attached hydrogens (tertiary/aromatic N) is 3. The van der Waals surface area contributed by atoms with Gasteiger partial charge in [-0.3, -0.25) is 9.20 Å². The highest BCUT2D eigenvalue weighted by Crippen LogP contribution is 2.15. The first-order valence-corrected chi connectivity index (χ1v) is 5.35. The highest BCUT2D eigenvalue weighted by molar-refractivity contribution is 9.10. The number of carbonyl (C=O) groups excluding carboxylic acids is 1. The van der Waals surface area contributed by atoms with Gasteiger partial charge in [-0.2, -0.15) is 0 Å². The largest absolute Gasteiger partial charge is 0.300 e. The van der Waals surface area contributed by atoms with Crippen LogP contribution in [0.5, 0.6) is 0 Å². The lowest BCUT2D eigenvalue weighted by Gasteiger charge is -1.99. The van der Waals surface area contributed by atoms with E-state index in [1.807, 2.05) is 17.5 Å². The molecule has 0 atom stereocenters. The molecule has 0 aliphatic rings. The summed E-state index contributed by atoms with van der Waals surface area (Å²) in [6.07, 6.45) is 3.96. The molecule has 0 spiro atoms. The molecule has 0 amide bonds. The van der Waals surface area contributed by atoms with Crippen LogP contribution in [0.3, 0.4) is 0 Å². The van der Waals surface area contributed by atoms with Gasteiger partial charge in [0.05, 0.1) is 15.9 Å². The highest BCUT2D eigenvalue weighted by atomic mass is 79.9. The first-order chi connectivity index (χ1) is 7.08. The molecule has 2 aromatic rings. The fraction of sp³-hybridized carbons (Fsp3) is 0.300. The summed E-state index contributed by atoms with van der Waals surface area (Å²) >= 11 is 3.35. The van der Waals surface area contributed by atoms with Crippen molar-refractivity contribution in [2.24, 2.45) is 0 Å². The van der Waals surface area contributed by atoms with E-state index in [0.29, 0.717) is 12.2 Å². The van der Waals surface area contributed by atoms with Gasteiger partial charge in [-0.1, -0.05) is 0 Å². The van der Waals surface area contributed by atoms with E-state index in [-0.39, 0.29) is 5.78 Å². The highest BCUT2D eigenvalue weighted by Gasteiger charge is 2.11. The molecule has 15 heavy (non-hydrogen) atoms. The van der Waals surface area contributed by atoms with E-state index in [4.69, 9.17) is 0 Å². The molecule has 0 aliphatic carbocycles. The quantitative estimate of drug-likeness (QED) is 0.836. The molecule has 2 aromatic heterocycles. The molecular formula is C10H10BrN3O. The van der Waals surface area contributed by atoms with Gasteiger partial charge in [-0.15, -0.1) is 0 Å². The minimum atomic E-state index is 0.125. The molecule has 2 heterocycles. The third kappa shape index (κ3) is 1.92. The van der Waals surface area contributed by atoms with Crippen molar-refractivity contribution in [1.29, 1.82) is 0 Å². The van der Waals surface area contributed by atoms with Crippen LogP contribution in [0.4, 0.5) is 0 Å². The second kappa shape index (κ2) is 3.73. The molecule has 78 valence electrons. The summed E-state index contributed by atoms with van der Waals surface area (Å²) in [4.78, 5) is 19.6. The Bertz CT molecular complexity index is 533. The number of aryl methyl sites for hydroxylation is 1. The summed E-state index contributed by atoms with van der Waals surface area (Å²) in [6, 6.07) is 0. The van der Waals surface area contributed by atoms with Crippen molar-refractivity contribution < 1.29 is 4.79 Å². The molecule has 0 N–H and O–H groups in total. The van der Waals surface area contributed by atoms with E-state index >= 15 is 0 Å². The molecule has 0 saturated carbocycles. The van der Waals surface area contributed by atoms with Crippen LogP contribution >= 0.6 is 15.9 Å². The summed E-state index contributed by atoms with van der Waals surface area (Å²) in [5, 5.41) is 0. The number of carbonyl (C=O) groups is 1. The Morgan fingerprint density at radius 1 is 1.60 bits per heavy atom. The smallest absolute Gasteiger partial charge is 0.234 e. The molecule has 0 saturated heterocycles. The van der Waals surface area contributed by atoms with Crippen molar-refractivity contribution in [2.75, 3.05) is 0 Å². The topological polar surface area (TPSA) is 47.3 Å². The van der Waals surface area contributed by atoms with E-state index in [9.17, 15) is 4.79 Å². The molecule has 2 rings (SSSR count). The first kappa shape index (κ1) is 10.3. The van der Waals surface area contributed by atoms with Gasteiger partial charge in [-0.05, 0) is 29.8 Å². The summed E-state index contributed by atoms with van der Waals surface area (Å²) in [7, 11) is 0. The van der Waals surface area contributed by atoms with Gasteiger partial charge in [0.1, 0.15) is 5.78 Å². The summed E-state index contributed by atoms with van der Waals surface area (Å²) in [5.41, 5.74) is 1.77. The normalized spacial score (nSPS) is 10.9. The molecule has 4 nitrogen and oxygen atoms in total. The standard InChI is InChI=1S/C10H10BrN3O/c1-6(15)3-9-7(2)13-10-12-4-8(11)5-14(9)10/h4-5H,3H2,1-2H3. The zero-order valence-corrected chi connectivity index (χ0v) is 10.1. The van der Waals surface area contributed by atoms with Gasteiger partial charge < -0.3 is 0 Å². The number of Topliss-reactive ketones (excluding diaryl/α,β-unsaturated/α-hetero) is 1. The van der Waals surface area contributed by atoms with E-state index in [0.717, 1.165) is 15.9 Å². The summed E-state index contributed by atoms with van der Waals surface area (Å²) in [6.45, 7) is 3.46. The Morgan fingerprint density at radius 3 is 3.00 bits per heavy atom. The van der Waals surface area contributed by atoms with Gasteiger partial charge in [0.25, 0.3) is 0 Å². The predicted molar refractivity (Wildman–Crippen MR) is 59.8 cm³/mol. The van der Waals surface area contributed by atoms with Crippen LogP contribution in [0.1, 0.15) is 18.3 Å². The SMILES string of the molecule is CC(=O)Cc1c(C)nc2ncc(Br)cn12. The number of rotatable bonds is 2. The monoisotopic (exact) mass is 267 g/mol. The Labute approximate surface area is 95.5 Å². The Morgan fingerprint density at radius 2 is 2.33 bits per heavy atom. The number of fused-ring (bicyclic) bond motifs is 1. The number of aromatic nitrogens is 3. The van der Waals surface area contributed by atoms with E-state index < -0.39 is 0 Å². The molecule has 0 aromatic carbocycles. The number of imidazole rings is 1. The van der Waals surface area contributed by atoms with Crippen LogP contribution in [0.2, 0.25) is 0 Å². The third-order valence-electron chi connectivity index (χ3n) is 2.16. The Kier molecular flexibility index (Phi) is 2.56. The lowest BCUT2D eigenvalue weighted by atomic mass is 10.2. The van der Waals surface area contributed by atoms with Gasteiger partial charge in [0, 0.05) is 18.8 Å². The maximum Gasteiger partial charge on any atom is 0.234 e. The Hall–Kier alpha value is -1.23. The van der Waals surface area contributed by atoms with E-state index in [1.165, 1.54) is 0 Å². The molecule has 0 radical (unpaired) electrons. The van der Waals surface area contributed by atoms with Gasteiger partial charge in [0.2, 0.25) is 5.78 Å². The van der Waals surface area contributed by atoms with E-state index in [2.05, 4.69) is 25.9 Å². The fourth-order valence-corrected chi connectivity index (χ4v) is 1.82. The average molecular weight is 268 g/mol. The lowest BCUT2D eigenvalue weighted by Crippen LogP contribution is -2.02. The molecule has 5 heteroatoms. The van der Waals surface area contributed by atoms with Gasteiger partial charge in [-0.25, -0.2) is 9.97 Å². The maximum absolute atomic E-state index is 11.1.